The second kappa shape index (κ2) is 7.30. The Morgan fingerprint density at radius 2 is 2.00 bits per heavy atom. The number of anilines is 1. The van der Waals surface area contributed by atoms with Gasteiger partial charge in [-0.3, -0.25) is 15.0 Å². The SMILES string of the molecule is Clc1cncc(-c2cc(N3CCOCC3)nc3c(C4=CC=NC4)nccc23)c1. The molecule has 3 aromatic rings. The maximum absolute atomic E-state index is 6.23. The highest BCUT2D eigenvalue weighted by Crippen LogP contribution is 2.35. The van der Waals surface area contributed by atoms with Crippen molar-refractivity contribution in [2.45, 2.75) is 0 Å². The predicted molar refractivity (Wildman–Crippen MR) is 112 cm³/mol. The first kappa shape index (κ1) is 17.3. The zero-order valence-corrected chi connectivity index (χ0v) is 15.9. The summed E-state index contributed by atoms with van der Waals surface area (Å²) in [6.45, 7) is 3.66. The number of fused-ring (bicyclic) bond motifs is 1. The van der Waals surface area contributed by atoms with E-state index < -0.39 is 0 Å². The van der Waals surface area contributed by atoms with E-state index in [1.807, 2.05) is 36.8 Å². The number of aliphatic imine (C=N–C) groups is 1. The minimum absolute atomic E-state index is 0.608. The molecule has 0 aliphatic carbocycles. The van der Waals surface area contributed by atoms with Crippen molar-refractivity contribution in [2.75, 3.05) is 37.7 Å². The van der Waals surface area contributed by atoms with Crippen molar-refractivity contribution in [1.29, 1.82) is 0 Å². The Bertz CT molecular complexity index is 1110. The van der Waals surface area contributed by atoms with Gasteiger partial charge in [-0.15, -0.1) is 0 Å². The van der Waals surface area contributed by atoms with Gasteiger partial charge in [0.15, 0.2) is 0 Å². The third-order valence-corrected chi connectivity index (χ3v) is 5.22. The largest absolute Gasteiger partial charge is 0.378 e. The normalized spacial score (nSPS) is 16.6. The molecule has 0 N–H and O–H groups in total. The number of nitrogens with zero attached hydrogens (tertiary/aromatic N) is 5. The van der Waals surface area contributed by atoms with E-state index in [0.29, 0.717) is 24.8 Å². The van der Waals surface area contributed by atoms with E-state index in [1.54, 1.807) is 6.20 Å². The van der Waals surface area contributed by atoms with Crippen LogP contribution in [0.5, 0.6) is 0 Å². The molecule has 1 saturated heterocycles. The van der Waals surface area contributed by atoms with Crippen LogP contribution < -0.4 is 4.90 Å². The molecule has 3 aromatic heterocycles. The zero-order chi connectivity index (χ0) is 18.9. The molecule has 0 atom stereocenters. The van der Waals surface area contributed by atoms with Crippen molar-refractivity contribution in [3.8, 4) is 11.1 Å². The number of ether oxygens (including phenoxy) is 1. The first-order valence-electron chi connectivity index (χ1n) is 9.22. The van der Waals surface area contributed by atoms with E-state index in [9.17, 15) is 0 Å². The quantitative estimate of drug-likeness (QED) is 0.682. The standard InChI is InChI=1S/C21H18ClN5O/c22-16-9-15(12-24-13-16)18-10-19(27-5-7-28-8-6-27)26-21-17(18)2-4-25-20(21)14-1-3-23-11-14/h1-4,9-10,12-13H,5-8,11H2. The van der Waals surface area contributed by atoms with Crippen molar-refractivity contribution in [3.05, 3.63) is 53.6 Å². The van der Waals surface area contributed by atoms with Crippen LogP contribution in [0.3, 0.4) is 0 Å². The molecular weight excluding hydrogens is 374 g/mol. The van der Waals surface area contributed by atoms with Gasteiger partial charge in [0.25, 0.3) is 0 Å². The second-order valence-corrected chi connectivity index (χ2v) is 7.19. The Morgan fingerprint density at radius 1 is 1.11 bits per heavy atom. The third-order valence-electron chi connectivity index (χ3n) is 5.01. The van der Waals surface area contributed by atoms with Crippen LogP contribution in [0.2, 0.25) is 5.02 Å². The minimum atomic E-state index is 0.608. The van der Waals surface area contributed by atoms with Crippen LogP contribution in [-0.2, 0) is 4.74 Å². The summed E-state index contributed by atoms with van der Waals surface area (Å²) in [5, 5.41) is 1.63. The van der Waals surface area contributed by atoms with E-state index in [4.69, 9.17) is 21.3 Å². The predicted octanol–water partition coefficient (Wildman–Crippen LogP) is 3.65. The van der Waals surface area contributed by atoms with Gasteiger partial charge in [0.2, 0.25) is 0 Å². The maximum Gasteiger partial charge on any atom is 0.130 e. The van der Waals surface area contributed by atoms with E-state index in [0.717, 1.165) is 52.2 Å². The van der Waals surface area contributed by atoms with Gasteiger partial charge in [0, 0.05) is 54.4 Å². The Balaban J connectivity index is 1.75. The van der Waals surface area contributed by atoms with Crippen LogP contribution in [-0.4, -0.2) is 54.0 Å². The molecule has 0 saturated carbocycles. The molecule has 0 aromatic carbocycles. The van der Waals surface area contributed by atoms with E-state index in [1.165, 1.54) is 0 Å². The van der Waals surface area contributed by atoms with Gasteiger partial charge in [-0.1, -0.05) is 11.6 Å². The average molecular weight is 392 g/mol. The monoisotopic (exact) mass is 391 g/mol. The molecular formula is C21H18ClN5O. The summed E-state index contributed by atoms with van der Waals surface area (Å²) < 4.78 is 5.51. The number of rotatable bonds is 3. The van der Waals surface area contributed by atoms with Gasteiger partial charge in [-0.05, 0) is 29.8 Å². The lowest BCUT2D eigenvalue weighted by Crippen LogP contribution is -2.36. The van der Waals surface area contributed by atoms with Gasteiger partial charge >= 0.3 is 0 Å². The first-order chi connectivity index (χ1) is 13.8. The molecule has 140 valence electrons. The third kappa shape index (κ3) is 3.15. The number of morpholine rings is 1. The fourth-order valence-corrected chi connectivity index (χ4v) is 3.80. The highest BCUT2D eigenvalue weighted by atomic mass is 35.5. The van der Waals surface area contributed by atoms with Gasteiger partial charge < -0.3 is 9.64 Å². The maximum atomic E-state index is 6.23. The zero-order valence-electron chi connectivity index (χ0n) is 15.2. The molecule has 28 heavy (non-hydrogen) atoms. The lowest BCUT2D eigenvalue weighted by molar-refractivity contribution is 0.122. The molecule has 0 amide bonds. The molecule has 5 rings (SSSR count). The number of hydrogen-bond acceptors (Lipinski definition) is 6. The summed E-state index contributed by atoms with van der Waals surface area (Å²) in [5.74, 6) is 0.916. The molecule has 7 heteroatoms. The van der Waals surface area contributed by atoms with Crippen molar-refractivity contribution in [3.63, 3.8) is 0 Å². The highest BCUT2D eigenvalue weighted by Gasteiger charge is 2.19. The molecule has 0 spiro atoms. The van der Waals surface area contributed by atoms with Gasteiger partial charge in [-0.2, -0.15) is 0 Å². The van der Waals surface area contributed by atoms with Crippen LogP contribution in [0, 0.1) is 0 Å². The van der Waals surface area contributed by atoms with Crippen LogP contribution in [0.25, 0.3) is 27.6 Å². The van der Waals surface area contributed by atoms with Crippen molar-refractivity contribution < 1.29 is 4.74 Å². The highest BCUT2D eigenvalue weighted by molar-refractivity contribution is 6.30. The topological polar surface area (TPSA) is 63.5 Å². The number of pyridine rings is 3. The Hall–Kier alpha value is -2.83. The van der Waals surface area contributed by atoms with Crippen LogP contribution in [0.15, 0.2) is 47.9 Å². The first-order valence-corrected chi connectivity index (χ1v) is 9.60. The van der Waals surface area contributed by atoms with E-state index in [2.05, 4.69) is 25.9 Å². The fraction of sp³-hybridized carbons (Fsp3) is 0.238. The van der Waals surface area contributed by atoms with Gasteiger partial charge in [-0.25, -0.2) is 4.98 Å². The van der Waals surface area contributed by atoms with Gasteiger partial charge in [0.05, 0.1) is 36.0 Å². The second-order valence-electron chi connectivity index (χ2n) is 6.76. The lowest BCUT2D eigenvalue weighted by atomic mass is 10.0. The summed E-state index contributed by atoms with van der Waals surface area (Å²) in [4.78, 5) is 20.5. The smallest absolute Gasteiger partial charge is 0.130 e. The number of hydrogen-bond donors (Lipinski definition) is 0. The lowest BCUT2D eigenvalue weighted by Gasteiger charge is -2.28. The molecule has 6 nitrogen and oxygen atoms in total. The molecule has 0 bridgehead atoms. The molecule has 2 aliphatic heterocycles. The summed E-state index contributed by atoms with van der Waals surface area (Å²) in [5.41, 5.74) is 4.83. The molecule has 1 fully saturated rings. The minimum Gasteiger partial charge on any atom is -0.378 e. The number of allylic oxidation sites excluding steroid dienone is 1. The van der Waals surface area contributed by atoms with Crippen LogP contribution in [0.1, 0.15) is 5.69 Å². The van der Waals surface area contributed by atoms with Gasteiger partial charge in [0.1, 0.15) is 5.82 Å². The van der Waals surface area contributed by atoms with Crippen molar-refractivity contribution in [1.82, 2.24) is 15.0 Å². The van der Waals surface area contributed by atoms with E-state index in [-0.39, 0.29) is 0 Å². The summed E-state index contributed by atoms with van der Waals surface area (Å²) in [7, 11) is 0. The summed E-state index contributed by atoms with van der Waals surface area (Å²) in [6.07, 6.45) is 9.14. The number of halogens is 1. The molecule has 5 heterocycles. The number of aromatic nitrogens is 3. The van der Waals surface area contributed by atoms with Crippen molar-refractivity contribution >= 4 is 40.1 Å². The molecule has 2 aliphatic rings. The Kier molecular flexibility index (Phi) is 4.50. The molecule has 0 radical (unpaired) electrons. The van der Waals surface area contributed by atoms with Crippen LogP contribution >= 0.6 is 11.6 Å². The summed E-state index contributed by atoms with van der Waals surface area (Å²) >= 11 is 6.23. The van der Waals surface area contributed by atoms with E-state index >= 15 is 0 Å². The Labute approximate surface area is 167 Å². The van der Waals surface area contributed by atoms with Crippen molar-refractivity contribution in [2.24, 2.45) is 4.99 Å². The van der Waals surface area contributed by atoms with Crippen LogP contribution in [0.4, 0.5) is 5.82 Å². The summed E-state index contributed by atoms with van der Waals surface area (Å²) in [6, 6.07) is 6.05. The average Bonchev–Trinajstić information content (AvgIpc) is 3.28. The fourth-order valence-electron chi connectivity index (χ4n) is 3.63. The Morgan fingerprint density at radius 3 is 2.79 bits per heavy atom. The molecule has 0 unspecified atom stereocenters.